The number of aromatic nitrogens is 1. The Morgan fingerprint density at radius 2 is 1.40 bits per heavy atom. The second-order valence-electron chi connectivity index (χ2n) is 8.45. The van der Waals surface area contributed by atoms with Crippen LogP contribution in [-0.4, -0.2) is 54.2 Å². The largest absolute Gasteiger partial charge is 0.465 e. The second kappa shape index (κ2) is 10.6. The van der Waals surface area contributed by atoms with Gasteiger partial charge >= 0.3 is 5.97 Å². The van der Waals surface area contributed by atoms with E-state index in [1.165, 1.54) is 13.3 Å². The molecule has 0 bridgehead atoms. The summed E-state index contributed by atoms with van der Waals surface area (Å²) < 4.78 is 29.9. The van der Waals surface area contributed by atoms with Crippen LogP contribution in [0.3, 0.4) is 0 Å². The van der Waals surface area contributed by atoms with Gasteiger partial charge in [-0.2, -0.15) is 0 Å². The summed E-state index contributed by atoms with van der Waals surface area (Å²) in [6.07, 6.45) is -1.56. The molecule has 35 heavy (non-hydrogen) atoms. The molecule has 3 aromatic rings. The van der Waals surface area contributed by atoms with E-state index in [4.69, 9.17) is 23.7 Å². The van der Waals surface area contributed by atoms with Crippen molar-refractivity contribution in [1.29, 1.82) is 0 Å². The van der Waals surface area contributed by atoms with Crippen molar-refractivity contribution in [3.05, 3.63) is 101 Å². The summed E-state index contributed by atoms with van der Waals surface area (Å²) in [6, 6.07) is 22.6. The molecule has 0 radical (unpaired) electrons. The molecule has 1 aromatic heterocycles. The summed E-state index contributed by atoms with van der Waals surface area (Å²) in [4.78, 5) is 16.2. The van der Waals surface area contributed by atoms with E-state index in [1.54, 1.807) is 12.1 Å². The van der Waals surface area contributed by atoms with E-state index in [0.717, 1.165) is 16.8 Å². The lowest BCUT2D eigenvalue weighted by atomic mass is 9.95. The Morgan fingerprint density at radius 1 is 0.829 bits per heavy atom. The highest BCUT2D eigenvalue weighted by molar-refractivity contribution is 5.88. The molecule has 2 aliphatic rings. The third-order valence-corrected chi connectivity index (χ3v) is 6.19. The van der Waals surface area contributed by atoms with Gasteiger partial charge in [0.2, 0.25) is 0 Å². The Bertz CT molecular complexity index is 1110. The van der Waals surface area contributed by atoms with Crippen LogP contribution in [0.4, 0.5) is 0 Å². The summed E-state index contributed by atoms with van der Waals surface area (Å²) in [5, 5.41) is 10.2. The van der Waals surface area contributed by atoms with Gasteiger partial charge in [-0.05, 0) is 12.1 Å². The highest BCUT2D eigenvalue weighted by atomic mass is 16.8. The number of aliphatic hydroxyl groups is 1. The first-order valence-electron chi connectivity index (χ1n) is 11.5. The van der Waals surface area contributed by atoms with Crippen LogP contribution in [0.1, 0.15) is 39.8 Å². The van der Waals surface area contributed by atoms with Crippen LogP contribution in [0.5, 0.6) is 0 Å². The molecule has 6 unspecified atom stereocenters. The van der Waals surface area contributed by atoms with Crippen LogP contribution in [0.25, 0.3) is 0 Å². The Labute approximate surface area is 203 Å². The Kier molecular flexibility index (Phi) is 7.17. The predicted octanol–water partition coefficient (Wildman–Crippen LogP) is 3.37. The molecule has 8 heteroatoms. The maximum atomic E-state index is 11.8. The van der Waals surface area contributed by atoms with E-state index in [9.17, 15) is 9.90 Å². The number of esters is 1. The Balaban J connectivity index is 1.44. The quantitative estimate of drug-likeness (QED) is 0.540. The molecule has 0 saturated carbocycles. The van der Waals surface area contributed by atoms with Crippen LogP contribution in [0.15, 0.2) is 79.0 Å². The summed E-state index contributed by atoms with van der Waals surface area (Å²) in [7, 11) is 1.33. The van der Waals surface area contributed by atoms with Gasteiger partial charge in [0.05, 0.1) is 25.4 Å². The maximum absolute atomic E-state index is 11.8. The fourth-order valence-corrected chi connectivity index (χ4v) is 4.41. The van der Waals surface area contributed by atoms with Crippen LogP contribution in [0, 0.1) is 0 Å². The van der Waals surface area contributed by atoms with Crippen molar-refractivity contribution in [3.8, 4) is 0 Å². The summed E-state index contributed by atoms with van der Waals surface area (Å²) in [6.45, 7) is -0.228. The molecule has 0 amide bonds. The van der Waals surface area contributed by atoms with Gasteiger partial charge in [0.25, 0.3) is 0 Å². The van der Waals surface area contributed by atoms with E-state index in [0.29, 0.717) is 12.0 Å². The standard InChI is InChI=1S/C27H27NO7/c1-31-25(30)19-12-13-20(28-15-19)14-21-23-24(35-26(32-21)17-8-4-2-5-9-17)22(16-29)33-27(34-23)18-10-6-3-7-11-18/h2-13,15,21-24,26-27,29H,14,16H2,1H3. The molecule has 2 fully saturated rings. The third-order valence-electron chi connectivity index (χ3n) is 6.19. The Morgan fingerprint density at radius 3 is 1.91 bits per heavy atom. The van der Waals surface area contributed by atoms with Crippen molar-refractivity contribution < 1.29 is 33.6 Å². The number of nitrogens with zero attached hydrogens (tertiary/aromatic N) is 1. The molecule has 6 atom stereocenters. The predicted molar refractivity (Wildman–Crippen MR) is 124 cm³/mol. The minimum absolute atomic E-state index is 0.228. The molecule has 182 valence electrons. The molecule has 0 spiro atoms. The number of carbonyl (C=O) groups is 1. The molecular weight excluding hydrogens is 450 g/mol. The molecule has 0 aliphatic carbocycles. The van der Waals surface area contributed by atoms with E-state index in [1.807, 2.05) is 60.7 Å². The lowest BCUT2D eigenvalue weighted by Crippen LogP contribution is -2.59. The van der Waals surface area contributed by atoms with Gasteiger partial charge in [0.1, 0.15) is 18.3 Å². The van der Waals surface area contributed by atoms with Gasteiger partial charge in [-0.1, -0.05) is 60.7 Å². The van der Waals surface area contributed by atoms with Crippen LogP contribution >= 0.6 is 0 Å². The monoisotopic (exact) mass is 477 g/mol. The maximum Gasteiger partial charge on any atom is 0.339 e. The van der Waals surface area contributed by atoms with Gasteiger partial charge in [-0.15, -0.1) is 0 Å². The average Bonchev–Trinajstić information content (AvgIpc) is 2.93. The zero-order chi connectivity index (χ0) is 24.2. The highest BCUT2D eigenvalue weighted by Crippen LogP contribution is 2.41. The normalized spacial score (nSPS) is 28.2. The van der Waals surface area contributed by atoms with Crippen LogP contribution < -0.4 is 0 Å². The number of hydrogen-bond acceptors (Lipinski definition) is 8. The fourth-order valence-electron chi connectivity index (χ4n) is 4.41. The van der Waals surface area contributed by atoms with Gasteiger partial charge in [0, 0.05) is 29.4 Å². The molecule has 8 nitrogen and oxygen atoms in total. The van der Waals surface area contributed by atoms with E-state index in [2.05, 4.69) is 4.98 Å². The number of pyridine rings is 1. The van der Waals surface area contributed by atoms with Gasteiger partial charge in [-0.3, -0.25) is 4.98 Å². The van der Waals surface area contributed by atoms with Crippen LogP contribution in [-0.2, 0) is 30.1 Å². The van der Waals surface area contributed by atoms with Gasteiger partial charge < -0.3 is 28.8 Å². The zero-order valence-corrected chi connectivity index (χ0v) is 19.2. The van der Waals surface area contributed by atoms with Crippen molar-refractivity contribution in [2.24, 2.45) is 0 Å². The van der Waals surface area contributed by atoms with Crippen molar-refractivity contribution in [1.82, 2.24) is 4.98 Å². The lowest BCUT2D eigenvalue weighted by Gasteiger charge is -2.49. The number of rotatable bonds is 6. The molecule has 2 aromatic carbocycles. The average molecular weight is 478 g/mol. The summed E-state index contributed by atoms with van der Waals surface area (Å²) in [5.41, 5.74) is 2.79. The van der Waals surface area contributed by atoms with Crippen molar-refractivity contribution in [3.63, 3.8) is 0 Å². The topological polar surface area (TPSA) is 96.3 Å². The number of fused-ring (bicyclic) bond motifs is 1. The minimum atomic E-state index is -0.674. The van der Waals surface area contributed by atoms with Gasteiger partial charge in [0.15, 0.2) is 12.6 Å². The molecular formula is C27H27NO7. The van der Waals surface area contributed by atoms with E-state index in [-0.39, 0.29) is 6.61 Å². The van der Waals surface area contributed by atoms with Crippen molar-refractivity contribution in [2.45, 2.75) is 43.4 Å². The highest BCUT2D eigenvalue weighted by Gasteiger charge is 2.50. The third kappa shape index (κ3) is 5.12. The SMILES string of the molecule is COC(=O)c1ccc(CC2OC(c3ccccc3)OC3C(CO)OC(c4ccccc4)OC23)nc1. The first-order valence-corrected chi connectivity index (χ1v) is 11.5. The molecule has 1 N–H and O–H groups in total. The number of methoxy groups -OCH3 is 1. The second-order valence-corrected chi connectivity index (χ2v) is 8.45. The number of benzene rings is 2. The van der Waals surface area contributed by atoms with Crippen LogP contribution in [0.2, 0.25) is 0 Å². The zero-order valence-electron chi connectivity index (χ0n) is 19.2. The van der Waals surface area contributed by atoms with Gasteiger partial charge in [-0.25, -0.2) is 4.79 Å². The number of aliphatic hydroxyl groups excluding tert-OH is 1. The van der Waals surface area contributed by atoms with E-state index >= 15 is 0 Å². The first-order chi connectivity index (χ1) is 17.2. The Hall–Kier alpha value is -3.14. The fraction of sp³-hybridized carbons (Fsp3) is 0.333. The van der Waals surface area contributed by atoms with Crippen molar-refractivity contribution in [2.75, 3.05) is 13.7 Å². The molecule has 2 aliphatic heterocycles. The molecule has 5 rings (SSSR count). The first kappa shape index (κ1) is 23.6. The van der Waals surface area contributed by atoms with Crippen molar-refractivity contribution >= 4 is 5.97 Å². The molecule has 3 heterocycles. The summed E-state index contributed by atoms with van der Waals surface area (Å²) >= 11 is 0. The molecule has 2 saturated heterocycles. The van der Waals surface area contributed by atoms with E-state index < -0.39 is 43.0 Å². The number of carbonyl (C=O) groups excluding carboxylic acids is 1. The minimum Gasteiger partial charge on any atom is -0.465 e. The number of hydrogen-bond donors (Lipinski definition) is 1. The smallest absolute Gasteiger partial charge is 0.339 e. The number of ether oxygens (including phenoxy) is 5. The lowest BCUT2D eigenvalue weighted by molar-refractivity contribution is -0.384. The summed E-state index contributed by atoms with van der Waals surface area (Å²) in [5.74, 6) is -0.445.